The molecule has 0 atom stereocenters. The van der Waals surface area contributed by atoms with E-state index in [1.54, 1.807) is 6.20 Å². The Labute approximate surface area is 128 Å². The second-order valence-electron chi connectivity index (χ2n) is 5.11. The first-order valence-corrected chi connectivity index (χ1v) is 7.70. The van der Waals surface area contributed by atoms with Crippen LogP contribution in [0.2, 0.25) is 0 Å². The molecule has 112 valence electrons. The van der Waals surface area contributed by atoms with Gasteiger partial charge in [-0.15, -0.1) is 11.6 Å². The number of fused-ring (bicyclic) bond motifs is 1. The van der Waals surface area contributed by atoms with Crippen LogP contribution in [0.1, 0.15) is 24.9 Å². The van der Waals surface area contributed by atoms with Gasteiger partial charge in [-0.2, -0.15) is 5.10 Å². The third-order valence-electron chi connectivity index (χ3n) is 3.62. The highest BCUT2D eigenvalue weighted by Gasteiger charge is 2.18. The van der Waals surface area contributed by atoms with Crippen LogP contribution in [0.25, 0.3) is 11.2 Å². The minimum atomic E-state index is 0.407. The Kier molecular flexibility index (Phi) is 3.96. The average molecular weight is 307 g/mol. The van der Waals surface area contributed by atoms with Gasteiger partial charge in [0.15, 0.2) is 5.65 Å². The fraction of sp³-hybridized carbons (Fsp3) is 0.500. The van der Waals surface area contributed by atoms with Crippen LogP contribution in [0.4, 0.5) is 0 Å². The summed E-state index contributed by atoms with van der Waals surface area (Å²) in [6.07, 6.45) is 7.57. The lowest BCUT2D eigenvalue weighted by Crippen LogP contribution is -2.11. The van der Waals surface area contributed by atoms with E-state index in [1.165, 1.54) is 0 Å². The molecule has 3 aromatic heterocycles. The van der Waals surface area contributed by atoms with E-state index < -0.39 is 0 Å². The zero-order chi connectivity index (χ0) is 14.8. The van der Waals surface area contributed by atoms with Crippen LogP contribution in [-0.4, -0.2) is 28.9 Å². The lowest BCUT2D eigenvalue weighted by atomic mass is 10.2. The molecular formula is C14H19ClN6. The molecule has 0 unspecified atom stereocenters. The second-order valence-corrected chi connectivity index (χ2v) is 5.37. The SMILES string of the molecule is CCCc1nn(C)c2c1nc(CCl)n2CCn1ccnc1. The summed E-state index contributed by atoms with van der Waals surface area (Å²) in [5.74, 6) is 1.31. The summed E-state index contributed by atoms with van der Waals surface area (Å²) in [6.45, 7) is 3.79. The van der Waals surface area contributed by atoms with Gasteiger partial charge in [0.25, 0.3) is 0 Å². The Hall–Kier alpha value is -1.82. The van der Waals surface area contributed by atoms with E-state index in [0.29, 0.717) is 5.88 Å². The zero-order valence-corrected chi connectivity index (χ0v) is 13.1. The maximum atomic E-state index is 6.07. The van der Waals surface area contributed by atoms with Gasteiger partial charge >= 0.3 is 0 Å². The average Bonchev–Trinajstić information content (AvgIpc) is 3.16. The normalized spacial score (nSPS) is 11.6. The van der Waals surface area contributed by atoms with Crippen molar-refractivity contribution in [2.75, 3.05) is 0 Å². The monoisotopic (exact) mass is 306 g/mol. The van der Waals surface area contributed by atoms with Gasteiger partial charge in [-0.1, -0.05) is 13.3 Å². The fourth-order valence-corrected chi connectivity index (χ4v) is 2.87. The van der Waals surface area contributed by atoms with Crippen molar-refractivity contribution in [3.8, 4) is 0 Å². The standard InChI is InChI=1S/C14H19ClN6/c1-3-4-11-13-14(19(2)18-11)21(12(9-15)17-13)8-7-20-6-5-16-10-20/h5-6,10H,3-4,7-9H2,1-2H3. The Morgan fingerprint density at radius 1 is 1.29 bits per heavy atom. The first kappa shape index (κ1) is 14.1. The van der Waals surface area contributed by atoms with Crippen LogP contribution >= 0.6 is 11.6 Å². The molecule has 0 N–H and O–H groups in total. The molecule has 0 fully saturated rings. The molecule has 7 heteroatoms. The largest absolute Gasteiger partial charge is 0.336 e. The minimum absolute atomic E-state index is 0.407. The van der Waals surface area contributed by atoms with Gasteiger partial charge in [0, 0.05) is 32.5 Å². The van der Waals surface area contributed by atoms with Crippen LogP contribution in [0, 0.1) is 0 Å². The molecule has 6 nitrogen and oxygen atoms in total. The van der Waals surface area contributed by atoms with Crippen LogP contribution in [-0.2, 0) is 32.4 Å². The summed E-state index contributed by atoms with van der Waals surface area (Å²) < 4.78 is 6.12. The number of hydrogen-bond donors (Lipinski definition) is 0. The lowest BCUT2D eigenvalue weighted by Gasteiger charge is -2.08. The molecule has 0 spiro atoms. The maximum absolute atomic E-state index is 6.07. The molecule has 3 heterocycles. The van der Waals surface area contributed by atoms with Crippen molar-refractivity contribution < 1.29 is 0 Å². The van der Waals surface area contributed by atoms with Gasteiger partial charge in [-0.25, -0.2) is 9.97 Å². The molecular weight excluding hydrogens is 288 g/mol. The smallest absolute Gasteiger partial charge is 0.158 e. The predicted molar refractivity (Wildman–Crippen MR) is 82.3 cm³/mol. The Morgan fingerprint density at radius 3 is 2.81 bits per heavy atom. The summed E-state index contributed by atoms with van der Waals surface area (Å²) in [6, 6.07) is 0. The van der Waals surface area contributed by atoms with Crippen LogP contribution in [0.15, 0.2) is 18.7 Å². The first-order chi connectivity index (χ1) is 10.2. The molecule has 0 amide bonds. The van der Waals surface area contributed by atoms with E-state index in [4.69, 9.17) is 16.6 Å². The number of alkyl halides is 1. The van der Waals surface area contributed by atoms with E-state index in [9.17, 15) is 0 Å². The van der Waals surface area contributed by atoms with Gasteiger partial charge in [0.05, 0.1) is 17.9 Å². The van der Waals surface area contributed by atoms with Crippen molar-refractivity contribution in [3.63, 3.8) is 0 Å². The summed E-state index contributed by atoms with van der Waals surface area (Å²) in [5.41, 5.74) is 3.09. The molecule has 21 heavy (non-hydrogen) atoms. The van der Waals surface area contributed by atoms with Gasteiger partial charge in [-0.05, 0) is 6.42 Å². The van der Waals surface area contributed by atoms with Gasteiger partial charge < -0.3 is 9.13 Å². The lowest BCUT2D eigenvalue weighted by molar-refractivity contribution is 0.564. The van der Waals surface area contributed by atoms with E-state index >= 15 is 0 Å². The summed E-state index contributed by atoms with van der Waals surface area (Å²) in [5, 5.41) is 4.59. The van der Waals surface area contributed by atoms with Crippen molar-refractivity contribution in [2.45, 2.75) is 38.7 Å². The van der Waals surface area contributed by atoms with E-state index in [1.807, 2.05) is 28.8 Å². The number of imidazole rings is 2. The summed E-state index contributed by atoms with van der Waals surface area (Å²) in [4.78, 5) is 8.76. The molecule has 3 aromatic rings. The molecule has 0 aliphatic rings. The molecule has 0 bridgehead atoms. The second kappa shape index (κ2) is 5.89. The Bertz CT molecular complexity index is 724. The molecule has 0 saturated carbocycles. The zero-order valence-electron chi connectivity index (χ0n) is 12.3. The van der Waals surface area contributed by atoms with Crippen molar-refractivity contribution >= 4 is 22.8 Å². The summed E-state index contributed by atoms with van der Waals surface area (Å²) >= 11 is 6.07. The fourth-order valence-electron chi connectivity index (χ4n) is 2.66. The topological polar surface area (TPSA) is 53.5 Å². The van der Waals surface area contributed by atoms with Crippen LogP contribution in [0.5, 0.6) is 0 Å². The molecule has 0 aliphatic heterocycles. The van der Waals surface area contributed by atoms with Crippen molar-refractivity contribution in [1.29, 1.82) is 0 Å². The highest BCUT2D eigenvalue weighted by atomic mass is 35.5. The van der Waals surface area contributed by atoms with Crippen molar-refractivity contribution in [1.82, 2.24) is 28.9 Å². The van der Waals surface area contributed by atoms with E-state index in [0.717, 1.165) is 48.6 Å². The number of rotatable bonds is 6. The Morgan fingerprint density at radius 2 is 2.14 bits per heavy atom. The predicted octanol–water partition coefficient (Wildman–Crippen LogP) is 2.36. The molecule has 0 radical (unpaired) electrons. The first-order valence-electron chi connectivity index (χ1n) is 7.17. The highest BCUT2D eigenvalue weighted by Crippen LogP contribution is 2.21. The quantitative estimate of drug-likeness (QED) is 0.657. The number of halogens is 1. The van der Waals surface area contributed by atoms with Gasteiger partial charge in [0.2, 0.25) is 0 Å². The Balaban J connectivity index is 1.99. The van der Waals surface area contributed by atoms with Crippen LogP contribution in [0.3, 0.4) is 0 Å². The van der Waals surface area contributed by atoms with E-state index in [2.05, 4.69) is 21.6 Å². The third kappa shape index (κ3) is 2.55. The molecule has 0 aromatic carbocycles. The molecule has 0 aliphatic carbocycles. The minimum Gasteiger partial charge on any atom is -0.336 e. The third-order valence-corrected chi connectivity index (χ3v) is 3.86. The number of nitrogens with zero attached hydrogens (tertiary/aromatic N) is 6. The van der Waals surface area contributed by atoms with E-state index in [-0.39, 0.29) is 0 Å². The maximum Gasteiger partial charge on any atom is 0.158 e. The molecule has 3 rings (SSSR count). The number of hydrogen-bond acceptors (Lipinski definition) is 3. The number of aryl methyl sites for hydroxylation is 4. The van der Waals surface area contributed by atoms with Gasteiger partial charge in [-0.3, -0.25) is 4.68 Å². The van der Waals surface area contributed by atoms with Crippen molar-refractivity contribution in [2.24, 2.45) is 7.05 Å². The number of aromatic nitrogens is 6. The highest BCUT2D eigenvalue weighted by molar-refractivity contribution is 6.16. The van der Waals surface area contributed by atoms with Gasteiger partial charge in [0.1, 0.15) is 11.3 Å². The van der Waals surface area contributed by atoms with Crippen LogP contribution < -0.4 is 0 Å². The van der Waals surface area contributed by atoms with Crippen molar-refractivity contribution in [3.05, 3.63) is 30.2 Å². The molecule has 0 saturated heterocycles. The summed E-state index contributed by atoms with van der Waals surface area (Å²) in [7, 11) is 1.97.